The lowest BCUT2D eigenvalue weighted by Gasteiger charge is -2.10. The Morgan fingerprint density at radius 3 is 0.706 bits per heavy atom. The minimum Gasteiger partial charge on any atom is -0.171 e. The van der Waals surface area contributed by atoms with E-state index in [1.807, 2.05) is 62.3 Å². The monoisotopic (exact) mass is 765 g/mol. The summed E-state index contributed by atoms with van der Waals surface area (Å²) in [4.78, 5) is 0. The van der Waals surface area contributed by atoms with Gasteiger partial charge in [0.2, 0.25) is 0 Å². The van der Waals surface area contributed by atoms with Crippen molar-refractivity contribution in [2.45, 2.75) is 263 Å². The van der Waals surface area contributed by atoms with Crippen LogP contribution in [0, 0.1) is 35.5 Å². The van der Waals surface area contributed by atoms with Gasteiger partial charge in [0.25, 0.3) is 0 Å². The lowest BCUT2D eigenvalue weighted by Crippen LogP contribution is -2.15. The molecule has 0 nitrogen and oxygen atoms in total. The van der Waals surface area contributed by atoms with Crippen molar-refractivity contribution in [1.29, 1.82) is 0 Å². The second-order valence-corrected chi connectivity index (χ2v) is 14.3. The molecule has 0 aliphatic rings. The summed E-state index contributed by atoms with van der Waals surface area (Å²) in [5.41, 5.74) is 0. The van der Waals surface area contributed by atoms with Gasteiger partial charge < -0.3 is 0 Å². The Labute approximate surface area is 329 Å². The van der Waals surface area contributed by atoms with E-state index in [0.29, 0.717) is 12.8 Å². The molecule has 1 unspecified atom stereocenters. The van der Waals surface area contributed by atoms with E-state index < -0.39 is 31.1 Å². The zero-order chi connectivity index (χ0) is 47.9. The minimum absolute atomic E-state index is 0.231. The molecule has 0 saturated heterocycles. The fraction of sp³-hybridized carbons (Fsp3) is 1.00. The van der Waals surface area contributed by atoms with Crippen molar-refractivity contribution < 1.29 is 31.8 Å². The molecule has 0 aromatic heterocycles. The van der Waals surface area contributed by atoms with Gasteiger partial charge in [0.1, 0.15) is 0 Å². The van der Waals surface area contributed by atoms with E-state index in [1.165, 1.54) is 44.9 Å². The molecule has 0 rings (SSSR count). The molecule has 0 radical (unpaired) electrons. The molecule has 328 valence electrons. The maximum absolute atomic E-state index is 11.5. The van der Waals surface area contributed by atoms with Crippen molar-refractivity contribution in [2.24, 2.45) is 35.5 Å². The van der Waals surface area contributed by atoms with E-state index in [2.05, 4.69) is 83.1 Å². The Kier molecular flexibility index (Phi) is 91.2. The van der Waals surface area contributed by atoms with Gasteiger partial charge in [-0.1, -0.05) is 244 Å². The summed E-state index contributed by atoms with van der Waals surface area (Å²) in [5, 5.41) is 0. The Balaban J connectivity index is -0.0000000438. The Morgan fingerprint density at radius 2 is 0.686 bits per heavy atom. The highest BCUT2D eigenvalue weighted by atomic mass is 19.4. The predicted molar refractivity (Wildman–Crippen MR) is 231 cm³/mol. The average molecular weight is 765 g/mol. The Bertz CT molecular complexity index is 556. The van der Waals surface area contributed by atoms with E-state index in [0.717, 1.165) is 25.7 Å². The summed E-state index contributed by atoms with van der Waals surface area (Å²) in [5.74, 6) is -0.215. The van der Waals surface area contributed by atoms with Crippen LogP contribution in [-0.4, -0.2) is 12.4 Å². The molecule has 0 aromatic carbocycles. The van der Waals surface area contributed by atoms with Crippen molar-refractivity contribution >= 4 is 0 Å². The summed E-state index contributed by atoms with van der Waals surface area (Å²) in [6.45, 7) is 50.3. The minimum atomic E-state index is -4.00. The van der Waals surface area contributed by atoms with E-state index in [9.17, 15) is 26.3 Å². The molecule has 51 heavy (non-hydrogen) atoms. The van der Waals surface area contributed by atoms with Crippen molar-refractivity contribution in [3.8, 4) is 0 Å². The molecule has 0 saturated carbocycles. The molecule has 0 fully saturated rings. The Morgan fingerprint density at radius 1 is 0.490 bits per heavy atom. The number of unbranched alkanes of at least 4 members (excludes halogenated alkanes) is 3. The standard InChI is InChI=1S/C6H11F3.2C5H12.C4H7F3.5C4H10.C3H8.C2H6/c1-3-5(2)4-6(7,8)9;1-4-5(2)3;1-3-5-4-2;1-3(2)4(5,6)7;3*1-4(2)3;2*1-3-4-2;1-3-2;1-2/h5H,3-4H2,1-2H3;5H,4H2,1-3H3;3-5H2,1-2H3;3H,1-2H3;3*4H,1-3H3;2*3-4H2,1-2H3;3H2,1-2H3;1-2H3/i;;;;2*4D;;3D2;;;. The summed E-state index contributed by atoms with van der Waals surface area (Å²) in [6.07, 6.45) is 0.887. The van der Waals surface area contributed by atoms with Gasteiger partial charge in [0.05, 0.1) is 0 Å². The number of hydrogen-bond acceptors (Lipinski definition) is 0. The quantitative estimate of drug-likeness (QED) is 0.227. The third-order valence-corrected chi connectivity index (χ3v) is 4.31. The highest BCUT2D eigenvalue weighted by Gasteiger charge is 2.31. The maximum Gasteiger partial charge on any atom is 0.391 e. The number of halogens is 6. The first-order valence-electron chi connectivity index (χ1n) is 22.3. The van der Waals surface area contributed by atoms with Crippen LogP contribution in [0.5, 0.6) is 0 Å². The molecule has 0 bridgehead atoms. The van der Waals surface area contributed by atoms with E-state index in [1.54, 1.807) is 20.8 Å². The van der Waals surface area contributed by atoms with Gasteiger partial charge in [-0.2, -0.15) is 26.3 Å². The highest BCUT2D eigenvalue weighted by Crippen LogP contribution is 2.25. The highest BCUT2D eigenvalue weighted by molar-refractivity contribution is 4.56. The fourth-order valence-corrected chi connectivity index (χ4v) is 0.893. The van der Waals surface area contributed by atoms with E-state index in [-0.39, 0.29) is 17.7 Å². The zero-order valence-corrected chi connectivity index (χ0v) is 40.1. The second kappa shape index (κ2) is 71.1. The topological polar surface area (TPSA) is 0 Å². The first-order valence-corrected chi connectivity index (χ1v) is 20.3. The SMILES string of the molecule is CC.CC(C)C.CC(C)C(F)(F)F.CCC.CCC(C)C.CCC(C)CC(F)(F)F.CCCC.CCCCC.[2H]C(C)(C)C.[2H]C(C)(C)C.[2H]C([2H])(C)CC. The van der Waals surface area contributed by atoms with Crippen molar-refractivity contribution in [3.05, 3.63) is 0 Å². The predicted octanol–water partition coefficient (Wildman–Crippen LogP) is 20.5. The van der Waals surface area contributed by atoms with Crippen molar-refractivity contribution in [2.75, 3.05) is 0 Å². The van der Waals surface area contributed by atoms with Crippen LogP contribution in [0.2, 0.25) is 0 Å². The first-order chi connectivity index (χ1) is 24.2. The van der Waals surface area contributed by atoms with Gasteiger partial charge in [-0.15, -0.1) is 0 Å². The molecule has 6 heteroatoms. The second-order valence-electron chi connectivity index (χ2n) is 14.3. The van der Waals surface area contributed by atoms with Crippen LogP contribution in [0.4, 0.5) is 26.3 Å². The number of alkyl halides is 6. The lowest BCUT2D eigenvalue weighted by molar-refractivity contribution is -0.164. The molecular weight excluding hydrogens is 654 g/mol. The lowest BCUT2D eigenvalue weighted by atomic mass is 10.1. The maximum atomic E-state index is 11.5. The number of rotatable bonds is 7. The molecule has 0 amide bonds. The Hall–Kier alpha value is -0.420. The smallest absolute Gasteiger partial charge is 0.171 e. The van der Waals surface area contributed by atoms with Gasteiger partial charge in [-0.25, -0.2) is 0 Å². The van der Waals surface area contributed by atoms with Crippen LogP contribution in [0.25, 0.3) is 0 Å². The van der Waals surface area contributed by atoms with Crippen LogP contribution < -0.4 is 0 Å². The molecule has 0 aliphatic carbocycles. The van der Waals surface area contributed by atoms with Gasteiger partial charge in [-0.3, -0.25) is 0 Å². The largest absolute Gasteiger partial charge is 0.391 e. The van der Waals surface area contributed by atoms with Crippen molar-refractivity contribution in [3.63, 3.8) is 0 Å². The van der Waals surface area contributed by atoms with Crippen LogP contribution in [0.15, 0.2) is 0 Å². The molecule has 0 heterocycles. The van der Waals surface area contributed by atoms with E-state index >= 15 is 0 Å². The average Bonchev–Trinajstić information content (AvgIpc) is 2.96. The normalized spacial score (nSPS) is 11.9. The van der Waals surface area contributed by atoms with E-state index in [4.69, 9.17) is 5.48 Å². The molecule has 0 aliphatic heterocycles. The van der Waals surface area contributed by atoms with Crippen molar-refractivity contribution in [1.82, 2.24) is 0 Å². The zero-order valence-electron chi connectivity index (χ0n) is 44.1. The molecule has 0 aromatic rings. The van der Waals surface area contributed by atoms with Crippen LogP contribution in [0.1, 0.15) is 256 Å². The number of hydrogen-bond donors (Lipinski definition) is 0. The summed E-state index contributed by atoms with van der Waals surface area (Å²) < 4.78 is 95.6. The van der Waals surface area contributed by atoms with Crippen LogP contribution in [0.3, 0.4) is 0 Å². The fourth-order valence-electron chi connectivity index (χ4n) is 0.893. The summed E-state index contributed by atoms with van der Waals surface area (Å²) >= 11 is 0. The van der Waals surface area contributed by atoms with Gasteiger partial charge in [-0.05, 0) is 29.5 Å². The van der Waals surface area contributed by atoms with Crippen LogP contribution in [-0.2, 0) is 0 Å². The van der Waals surface area contributed by atoms with Gasteiger partial charge >= 0.3 is 12.4 Å². The summed E-state index contributed by atoms with van der Waals surface area (Å²) in [6, 6.07) is 0. The van der Waals surface area contributed by atoms with Gasteiger partial charge in [0.15, 0.2) is 0 Å². The molecule has 1 atom stereocenters. The molecule has 0 N–H and O–H groups in total. The molecular formula is C45H106F6. The first kappa shape index (κ1) is 65.5. The third kappa shape index (κ3) is 325. The van der Waals surface area contributed by atoms with Gasteiger partial charge in [0, 0.05) is 17.8 Å². The third-order valence-electron chi connectivity index (χ3n) is 4.31. The molecule has 0 spiro atoms. The van der Waals surface area contributed by atoms with Crippen LogP contribution >= 0.6 is 0 Å². The summed E-state index contributed by atoms with van der Waals surface area (Å²) in [7, 11) is 0.